The van der Waals surface area contributed by atoms with E-state index in [9.17, 15) is 0 Å². The second-order valence-electron chi connectivity index (χ2n) is 7.17. The predicted molar refractivity (Wildman–Crippen MR) is 173 cm³/mol. The van der Waals surface area contributed by atoms with Gasteiger partial charge in [0.05, 0.1) is 22.4 Å². The third-order valence-electron chi connectivity index (χ3n) is 4.32. The highest BCUT2D eigenvalue weighted by Gasteiger charge is 2.08. The fourth-order valence-electron chi connectivity index (χ4n) is 2.67. The fraction of sp³-hybridized carbons (Fsp3) is 0.312. The Balaban J connectivity index is -0.0000000680. The van der Waals surface area contributed by atoms with Gasteiger partial charge in [0, 0.05) is 17.1 Å². The van der Waals surface area contributed by atoms with Crippen molar-refractivity contribution >= 4 is 16.7 Å². The topological polar surface area (TPSA) is 112 Å². The zero-order valence-electron chi connectivity index (χ0n) is 22.3. The zero-order valence-corrected chi connectivity index (χ0v) is 22.3. The number of nitrogens with two attached hydrogens (primary N) is 1. The first-order valence-corrected chi connectivity index (χ1v) is 12.0. The van der Waals surface area contributed by atoms with E-state index in [1.807, 2.05) is 18.2 Å². The molecule has 0 saturated carbocycles. The second-order valence-corrected chi connectivity index (χ2v) is 7.17. The highest BCUT2D eigenvalue weighted by molar-refractivity contribution is 5.78. The molecular formula is C32H46N6. The Morgan fingerprint density at radius 1 is 0.737 bits per heavy atom. The molecule has 0 saturated heterocycles. The number of fused-ring (bicyclic) bond motifs is 1. The molecular weight excluding hydrogens is 468 g/mol. The van der Waals surface area contributed by atoms with Crippen LogP contribution in [0.4, 0.5) is 5.69 Å². The molecule has 204 valence electrons. The lowest BCUT2D eigenvalue weighted by Crippen LogP contribution is -2.03. The number of hydrogen-bond acceptors (Lipinski definition) is 4. The average molecular weight is 515 g/mol. The van der Waals surface area contributed by atoms with Crippen LogP contribution in [0, 0.1) is 88.4 Å². The van der Waals surface area contributed by atoms with Crippen molar-refractivity contribution in [1.29, 1.82) is 5.53 Å². The summed E-state index contributed by atoms with van der Waals surface area (Å²) in [6.45, 7) is 7.84. The molecule has 0 aliphatic rings. The van der Waals surface area contributed by atoms with Crippen LogP contribution in [0.3, 0.4) is 0 Å². The lowest BCUT2D eigenvalue weighted by molar-refractivity contribution is 0.729. The first kappa shape index (κ1) is 32.6. The third kappa shape index (κ3) is 16.3. The highest BCUT2D eigenvalue weighted by Crippen LogP contribution is 2.19. The molecule has 2 rings (SSSR count). The van der Waals surface area contributed by atoms with Gasteiger partial charge >= 0.3 is 0 Å². The Kier molecular flexibility index (Phi) is 20.0. The molecule has 2 aromatic rings. The molecule has 6 nitrogen and oxygen atoms in total. The van der Waals surface area contributed by atoms with Crippen molar-refractivity contribution < 1.29 is 11.4 Å². The molecule has 38 heavy (non-hydrogen) atoms. The maximum atomic E-state index is 6.86. The van der Waals surface area contributed by atoms with E-state index in [2.05, 4.69) is 96.7 Å². The van der Waals surface area contributed by atoms with E-state index in [1.165, 1.54) is 31.4 Å². The van der Waals surface area contributed by atoms with Gasteiger partial charge in [-0.3, -0.25) is 0 Å². The molecule has 3 N–H and O–H groups in total. The quantitative estimate of drug-likeness (QED) is 0.135. The Labute approximate surface area is 238 Å². The number of nitrogens with zero attached hydrogens (tertiary/aromatic N) is 4. The van der Waals surface area contributed by atoms with Gasteiger partial charge in [0.25, 0.3) is 0 Å². The second kappa shape index (κ2) is 23.3. The van der Waals surface area contributed by atoms with Gasteiger partial charge < -0.3 is 5.73 Å². The number of aryl methyl sites for hydroxylation is 2. The van der Waals surface area contributed by atoms with Crippen molar-refractivity contribution in [3.63, 3.8) is 0 Å². The van der Waals surface area contributed by atoms with E-state index < -0.39 is 0 Å². The lowest BCUT2D eigenvalue weighted by atomic mass is 10.1. The maximum Gasteiger partial charge on any atom is 0.0910 e. The molecule has 1 aromatic carbocycles. The summed E-state index contributed by atoms with van der Waals surface area (Å²) < 4.78 is 0. The van der Waals surface area contributed by atoms with Crippen LogP contribution in [0.5, 0.6) is 0 Å². The first-order chi connectivity index (χ1) is 18.6. The van der Waals surface area contributed by atoms with Gasteiger partial charge in [0.1, 0.15) is 0 Å². The smallest absolute Gasteiger partial charge is 0.0910 e. The molecule has 0 unspecified atom stereocenters. The van der Waals surface area contributed by atoms with Crippen LogP contribution in [-0.4, -0.2) is 9.97 Å². The van der Waals surface area contributed by atoms with Crippen LogP contribution in [0.15, 0.2) is 18.2 Å². The molecule has 0 aliphatic carbocycles. The summed E-state index contributed by atoms with van der Waals surface area (Å²) in [4.78, 5) is 11.3. The molecule has 1 heterocycles. The number of nitrogen functional groups attached to an aromatic ring is 1. The Hall–Kier alpha value is -5.41. The minimum absolute atomic E-state index is 0. The number of rotatable bonds is 6. The predicted octanol–water partition coefficient (Wildman–Crippen LogP) is 7.79. The summed E-state index contributed by atoms with van der Waals surface area (Å²) in [6, 6.07) is 5.78. The average Bonchev–Trinajstić information content (AvgIpc) is 2.92. The van der Waals surface area contributed by atoms with Gasteiger partial charge in [-0.1, -0.05) is 38.5 Å². The van der Waals surface area contributed by atoms with Gasteiger partial charge in [-0.05, 0) is 139 Å². The SMILES string of the molecule is CC#CC#CC#CC#CC#CC#CC#CC.CCCCc1nc2ccc(N)cc2nc1CCCC.[HH].[HH].[HH].[HH].[HH].[HH].[HH].[HH].[N-]=[N+]=N. The van der Waals surface area contributed by atoms with Crippen molar-refractivity contribution in [2.75, 3.05) is 5.73 Å². The van der Waals surface area contributed by atoms with Crippen LogP contribution >= 0.6 is 0 Å². The summed E-state index contributed by atoms with van der Waals surface area (Å²) in [5.41, 5.74) is 23.0. The van der Waals surface area contributed by atoms with Crippen molar-refractivity contribution in [1.82, 2.24) is 9.97 Å². The van der Waals surface area contributed by atoms with E-state index >= 15 is 0 Å². The van der Waals surface area contributed by atoms with Crippen molar-refractivity contribution in [3.05, 3.63) is 40.0 Å². The number of nitrogens with one attached hydrogen (secondary N) is 1. The largest absolute Gasteiger partial charge is 0.399 e. The summed E-state index contributed by atoms with van der Waals surface area (Å²) >= 11 is 0. The Morgan fingerprint density at radius 2 is 1.11 bits per heavy atom. The first-order valence-electron chi connectivity index (χ1n) is 12.0. The van der Waals surface area contributed by atoms with Gasteiger partial charge in [-0.15, -0.1) is 5.53 Å². The number of aromatic nitrogens is 2. The lowest BCUT2D eigenvalue weighted by Gasteiger charge is -2.09. The van der Waals surface area contributed by atoms with E-state index in [1.54, 1.807) is 18.8 Å². The number of hydrogen-bond donors (Lipinski definition) is 2. The molecule has 1 aromatic heterocycles. The minimum Gasteiger partial charge on any atom is -0.399 e. The number of anilines is 1. The van der Waals surface area contributed by atoms with E-state index in [4.69, 9.17) is 26.8 Å². The normalized spacial score (nSPS) is 7.37. The molecule has 0 fully saturated rings. The van der Waals surface area contributed by atoms with Crippen molar-refractivity contribution in [2.45, 2.75) is 66.2 Å². The van der Waals surface area contributed by atoms with Crippen LogP contribution < -0.4 is 5.73 Å². The molecule has 6 heteroatoms. The third-order valence-corrected chi connectivity index (χ3v) is 4.32. The van der Waals surface area contributed by atoms with E-state index in [0.717, 1.165) is 35.3 Å². The Morgan fingerprint density at radius 3 is 1.47 bits per heavy atom. The van der Waals surface area contributed by atoms with Crippen molar-refractivity contribution in [3.8, 4) is 82.9 Å². The van der Waals surface area contributed by atoms with E-state index in [-0.39, 0.29) is 11.4 Å². The summed E-state index contributed by atoms with van der Waals surface area (Å²) in [7, 11) is 0. The molecule has 0 radical (unpaired) electrons. The van der Waals surface area contributed by atoms with Crippen molar-refractivity contribution in [2.24, 2.45) is 0 Å². The summed E-state index contributed by atoms with van der Waals surface area (Å²) in [5.74, 6) is 35.6. The van der Waals surface area contributed by atoms with Crippen LogP contribution in [0.1, 0.15) is 76.2 Å². The molecule has 0 amide bonds. The van der Waals surface area contributed by atoms with Crippen LogP contribution in [0.2, 0.25) is 0 Å². The summed E-state index contributed by atoms with van der Waals surface area (Å²) in [6.07, 6.45) is 6.77. The van der Waals surface area contributed by atoms with Gasteiger partial charge in [0.15, 0.2) is 0 Å². The van der Waals surface area contributed by atoms with Gasteiger partial charge in [-0.25, -0.2) is 9.97 Å². The number of benzene rings is 1. The van der Waals surface area contributed by atoms with Gasteiger partial charge in [0.2, 0.25) is 0 Å². The standard InChI is InChI=1S/C16H23N3.C16H6.HN3.8H2/c1-3-5-7-13-14(8-6-4-2)19-16-11-12(17)9-10-15(16)18-13;1-3-5-7-9-11-13-15-16-14-12-10-8-6-4-2;1-3-2;;;;;;;;/h9-11H,3-8,17H2,1-2H3;1-2H3;1H;8*1H. The zero-order chi connectivity index (χ0) is 28.3. The highest BCUT2D eigenvalue weighted by atomic mass is 15.0. The number of unbranched alkanes of at least 4 members (excludes halogenated alkanes) is 2. The summed E-state index contributed by atoms with van der Waals surface area (Å²) in [5, 5.41) is 0. The fourth-order valence-corrected chi connectivity index (χ4v) is 2.67. The minimum atomic E-state index is 0. The van der Waals surface area contributed by atoms with Crippen LogP contribution in [0.25, 0.3) is 21.5 Å². The molecule has 0 spiro atoms. The molecule has 0 aliphatic heterocycles. The monoisotopic (exact) mass is 514 g/mol. The maximum absolute atomic E-state index is 6.86. The van der Waals surface area contributed by atoms with Gasteiger partial charge in [-0.2, -0.15) is 0 Å². The van der Waals surface area contributed by atoms with E-state index in [0.29, 0.717) is 0 Å². The molecule has 0 atom stereocenters. The molecule has 0 bridgehead atoms. The Bertz CT molecular complexity index is 1500. The van der Waals surface area contributed by atoms with Crippen LogP contribution in [-0.2, 0) is 12.8 Å².